The van der Waals surface area contributed by atoms with Crippen LogP contribution in [0.4, 0.5) is 0 Å². The van der Waals surface area contributed by atoms with Crippen LogP contribution in [0.1, 0.15) is 11.6 Å². The van der Waals surface area contributed by atoms with Crippen LogP contribution in [0.3, 0.4) is 0 Å². The molecule has 23 heavy (non-hydrogen) atoms. The molecule has 0 amide bonds. The van der Waals surface area contributed by atoms with E-state index in [-0.39, 0.29) is 5.92 Å². The predicted octanol–water partition coefficient (Wildman–Crippen LogP) is -0.660. The zero-order valence-corrected chi connectivity index (χ0v) is 13.6. The molecule has 0 N–H and O–H groups in total. The van der Waals surface area contributed by atoms with Gasteiger partial charge in [-0.1, -0.05) is 0 Å². The molecule has 2 aromatic rings. The van der Waals surface area contributed by atoms with Crippen molar-refractivity contribution in [3.8, 4) is 0 Å². The smallest absolute Gasteiger partial charge is 0.282 e. The molecular formula is C13H18N6O3S. The third-order valence-corrected chi connectivity index (χ3v) is 6.31. The number of nitrogens with zero attached hydrogens (tertiary/aromatic N) is 6. The van der Waals surface area contributed by atoms with Gasteiger partial charge in [-0.15, -0.1) is 0 Å². The maximum absolute atomic E-state index is 12.6. The maximum atomic E-state index is 12.6. The SMILES string of the molecule is Cn1nc(C2CN(S(=O)(=O)N3CCOCC3)C2)c2nccnc21. The van der Waals surface area contributed by atoms with Gasteiger partial charge in [0.25, 0.3) is 10.2 Å². The Hall–Kier alpha value is -1.62. The minimum Gasteiger partial charge on any atom is -0.379 e. The topological polar surface area (TPSA) is 93.5 Å². The standard InChI is InChI=1S/C13H18N6O3S/c1-17-13-12(14-2-3-15-13)11(16-17)10-8-19(9-10)23(20,21)18-4-6-22-7-5-18/h2-3,10H,4-9H2,1H3. The summed E-state index contributed by atoms with van der Waals surface area (Å²) in [5, 5.41) is 4.48. The van der Waals surface area contributed by atoms with E-state index in [0.717, 1.165) is 16.9 Å². The molecule has 0 aliphatic carbocycles. The van der Waals surface area contributed by atoms with E-state index in [1.807, 2.05) is 7.05 Å². The van der Waals surface area contributed by atoms with Gasteiger partial charge in [0, 0.05) is 51.5 Å². The van der Waals surface area contributed by atoms with Gasteiger partial charge < -0.3 is 4.74 Å². The molecule has 0 saturated carbocycles. The number of hydrogen-bond donors (Lipinski definition) is 0. The van der Waals surface area contributed by atoms with Crippen molar-refractivity contribution < 1.29 is 13.2 Å². The predicted molar refractivity (Wildman–Crippen MR) is 81.9 cm³/mol. The fourth-order valence-electron chi connectivity index (χ4n) is 3.02. The number of fused-ring (bicyclic) bond motifs is 1. The zero-order chi connectivity index (χ0) is 16.0. The first kappa shape index (κ1) is 14.9. The Labute approximate surface area is 134 Å². The summed E-state index contributed by atoms with van der Waals surface area (Å²) in [5.74, 6) is 0.0613. The lowest BCUT2D eigenvalue weighted by Gasteiger charge is -2.40. The summed E-state index contributed by atoms with van der Waals surface area (Å²) in [6, 6.07) is 0. The summed E-state index contributed by atoms with van der Waals surface area (Å²) in [6.45, 7) is 2.61. The molecule has 2 aromatic heterocycles. The van der Waals surface area contributed by atoms with Crippen LogP contribution in [-0.4, -0.2) is 76.2 Å². The second-order valence-electron chi connectivity index (χ2n) is 5.77. The van der Waals surface area contributed by atoms with Crippen LogP contribution in [0, 0.1) is 0 Å². The summed E-state index contributed by atoms with van der Waals surface area (Å²) in [6.07, 6.45) is 3.26. The number of aryl methyl sites for hydroxylation is 1. The average Bonchev–Trinajstić information content (AvgIpc) is 2.84. The Morgan fingerprint density at radius 2 is 1.83 bits per heavy atom. The lowest BCUT2D eigenvalue weighted by molar-refractivity contribution is 0.0680. The van der Waals surface area contributed by atoms with Gasteiger partial charge >= 0.3 is 0 Å². The molecule has 0 aromatic carbocycles. The molecule has 0 spiro atoms. The van der Waals surface area contributed by atoms with Crippen LogP contribution in [0.15, 0.2) is 12.4 Å². The molecule has 0 unspecified atom stereocenters. The van der Waals surface area contributed by atoms with E-state index in [9.17, 15) is 8.42 Å². The van der Waals surface area contributed by atoms with Gasteiger partial charge in [-0.2, -0.15) is 22.1 Å². The normalized spacial score (nSPS) is 21.6. The third-order valence-electron chi connectivity index (χ3n) is 4.34. The molecule has 0 atom stereocenters. The summed E-state index contributed by atoms with van der Waals surface area (Å²) in [7, 11) is -1.58. The van der Waals surface area contributed by atoms with Gasteiger partial charge in [-0.05, 0) is 0 Å². The van der Waals surface area contributed by atoms with Gasteiger partial charge in [-0.25, -0.2) is 14.6 Å². The van der Waals surface area contributed by atoms with E-state index < -0.39 is 10.2 Å². The summed E-state index contributed by atoms with van der Waals surface area (Å²) in [5.41, 5.74) is 2.30. The first-order valence-electron chi connectivity index (χ1n) is 7.54. The number of rotatable bonds is 3. The van der Waals surface area contributed by atoms with Crippen LogP contribution in [0.5, 0.6) is 0 Å². The molecule has 2 aliphatic rings. The molecule has 4 rings (SSSR count). The van der Waals surface area contributed by atoms with Crippen molar-refractivity contribution >= 4 is 21.4 Å². The van der Waals surface area contributed by atoms with Crippen LogP contribution < -0.4 is 0 Å². The lowest BCUT2D eigenvalue weighted by atomic mass is 9.99. The molecule has 4 heterocycles. The highest BCUT2D eigenvalue weighted by Gasteiger charge is 2.42. The van der Waals surface area contributed by atoms with Crippen LogP contribution >= 0.6 is 0 Å². The van der Waals surface area contributed by atoms with Crippen molar-refractivity contribution in [1.82, 2.24) is 28.4 Å². The second-order valence-corrected chi connectivity index (χ2v) is 7.70. The number of aromatic nitrogens is 4. The van der Waals surface area contributed by atoms with Gasteiger partial charge in [0.1, 0.15) is 5.52 Å². The largest absolute Gasteiger partial charge is 0.379 e. The Morgan fingerprint density at radius 1 is 1.13 bits per heavy atom. The van der Waals surface area contributed by atoms with Crippen LogP contribution in [-0.2, 0) is 22.0 Å². The van der Waals surface area contributed by atoms with Crippen molar-refractivity contribution in [2.45, 2.75) is 5.92 Å². The first-order valence-corrected chi connectivity index (χ1v) is 8.93. The van der Waals surface area contributed by atoms with Gasteiger partial charge in [0.15, 0.2) is 5.65 Å². The van der Waals surface area contributed by atoms with Crippen molar-refractivity contribution in [2.75, 3.05) is 39.4 Å². The minimum absolute atomic E-state index is 0.0613. The van der Waals surface area contributed by atoms with E-state index in [4.69, 9.17) is 4.74 Å². The van der Waals surface area contributed by atoms with E-state index in [0.29, 0.717) is 39.4 Å². The molecule has 0 radical (unpaired) electrons. The number of ether oxygens (including phenoxy) is 1. The first-order chi connectivity index (χ1) is 11.1. The number of morpholine rings is 1. The Kier molecular flexibility index (Phi) is 3.56. The Morgan fingerprint density at radius 3 is 2.57 bits per heavy atom. The fourth-order valence-corrected chi connectivity index (χ4v) is 4.69. The summed E-state index contributed by atoms with van der Waals surface area (Å²) < 4.78 is 35.0. The van der Waals surface area contributed by atoms with E-state index in [1.165, 1.54) is 8.61 Å². The zero-order valence-electron chi connectivity index (χ0n) is 12.8. The van der Waals surface area contributed by atoms with Crippen molar-refractivity contribution in [2.24, 2.45) is 7.05 Å². The van der Waals surface area contributed by atoms with Crippen molar-refractivity contribution in [3.05, 3.63) is 18.1 Å². The highest BCUT2D eigenvalue weighted by Crippen LogP contribution is 2.32. The maximum Gasteiger partial charge on any atom is 0.282 e. The van der Waals surface area contributed by atoms with Gasteiger partial charge in [-0.3, -0.25) is 0 Å². The van der Waals surface area contributed by atoms with E-state index in [1.54, 1.807) is 17.1 Å². The molecular weight excluding hydrogens is 320 g/mol. The highest BCUT2D eigenvalue weighted by atomic mass is 32.2. The van der Waals surface area contributed by atoms with Crippen molar-refractivity contribution in [1.29, 1.82) is 0 Å². The summed E-state index contributed by atoms with van der Waals surface area (Å²) in [4.78, 5) is 8.61. The van der Waals surface area contributed by atoms with Crippen LogP contribution in [0.25, 0.3) is 11.2 Å². The molecule has 2 fully saturated rings. The van der Waals surface area contributed by atoms with Crippen LogP contribution in [0.2, 0.25) is 0 Å². The second kappa shape index (κ2) is 5.48. The van der Waals surface area contributed by atoms with Gasteiger partial charge in [0.2, 0.25) is 0 Å². The molecule has 2 saturated heterocycles. The lowest BCUT2D eigenvalue weighted by Crippen LogP contribution is -2.56. The van der Waals surface area contributed by atoms with E-state index >= 15 is 0 Å². The fraction of sp³-hybridized carbons (Fsp3) is 0.615. The molecule has 0 bridgehead atoms. The number of hydrogen-bond acceptors (Lipinski definition) is 6. The van der Waals surface area contributed by atoms with E-state index in [2.05, 4.69) is 15.1 Å². The quantitative estimate of drug-likeness (QED) is 0.737. The minimum atomic E-state index is -3.40. The Balaban J connectivity index is 1.52. The van der Waals surface area contributed by atoms with Crippen molar-refractivity contribution in [3.63, 3.8) is 0 Å². The average molecular weight is 338 g/mol. The molecule has 2 aliphatic heterocycles. The highest BCUT2D eigenvalue weighted by molar-refractivity contribution is 7.86. The van der Waals surface area contributed by atoms with Gasteiger partial charge in [0.05, 0.1) is 18.9 Å². The third kappa shape index (κ3) is 2.42. The molecule has 9 nitrogen and oxygen atoms in total. The summed E-state index contributed by atoms with van der Waals surface area (Å²) >= 11 is 0. The molecule has 10 heteroatoms. The molecule has 124 valence electrons. The monoisotopic (exact) mass is 338 g/mol. The Bertz CT molecular complexity index is 823.